The Morgan fingerprint density at radius 1 is 1.25 bits per heavy atom. The molecule has 0 N–H and O–H groups in total. The molecule has 1 fully saturated rings. The number of anilines is 1. The van der Waals surface area contributed by atoms with Crippen LogP contribution in [0, 0.1) is 0 Å². The van der Waals surface area contributed by atoms with E-state index in [0.717, 1.165) is 42.4 Å². The first-order valence-electron chi connectivity index (χ1n) is 6.56. The lowest BCUT2D eigenvalue weighted by atomic mass is 10.4. The molecular formula is C12H15BrClN5O. The highest BCUT2D eigenvalue weighted by Crippen LogP contribution is 2.27. The van der Waals surface area contributed by atoms with Gasteiger partial charge in [0.15, 0.2) is 17.0 Å². The summed E-state index contributed by atoms with van der Waals surface area (Å²) in [5.74, 6) is 1.74. The Bertz CT molecular complexity index is 626. The van der Waals surface area contributed by atoms with Gasteiger partial charge in [0, 0.05) is 19.6 Å². The molecule has 1 aliphatic heterocycles. The van der Waals surface area contributed by atoms with Crippen LogP contribution >= 0.6 is 27.5 Å². The quantitative estimate of drug-likeness (QED) is 0.620. The molecule has 6 nitrogen and oxygen atoms in total. The van der Waals surface area contributed by atoms with Crippen molar-refractivity contribution in [1.82, 2.24) is 19.5 Å². The van der Waals surface area contributed by atoms with Gasteiger partial charge < -0.3 is 14.2 Å². The molecule has 108 valence electrons. The fraction of sp³-hybridized carbons (Fsp3) is 0.583. The minimum Gasteiger partial charge on any atom is -0.378 e. The molecule has 3 rings (SSSR count). The van der Waals surface area contributed by atoms with Crippen molar-refractivity contribution in [2.75, 3.05) is 31.2 Å². The minimum absolute atomic E-state index is 0.259. The van der Waals surface area contributed by atoms with Crippen molar-refractivity contribution >= 4 is 44.5 Å². The summed E-state index contributed by atoms with van der Waals surface area (Å²) in [7, 11) is 0. The number of halogens is 2. The summed E-state index contributed by atoms with van der Waals surface area (Å²) in [6.45, 7) is 5.85. The van der Waals surface area contributed by atoms with Gasteiger partial charge >= 0.3 is 0 Å². The van der Waals surface area contributed by atoms with Gasteiger partial charge in [0.25, 0.3) is 0 Å². The van der Waals surface area contributed by atoms with Gasteiger partial charge in [0.2, 0.25) is 5.28 Å². The Kier molecular flexibility index (Phi) is 4.09. The SMILES string of the molecule is CCn1c(CBr)nc2c(N3CCOCC3)nc(Cl)nc21. The van der Waals surface area contributed by atoms with E-state index in [1.54, 1.807) is 0 Å². The topological polar surface area (TPSA) is 56.1 Å². The van der Waals surface area contributed by atoms with Crippen molar-refractivity contribution in [3.05, 3.63) is 11.1 Å². The monoisotopic (exact) mass is 359 g/mol. The van der Waals surface area contributed by atoms with E-state index in [2.05, 4.69) is 47.3 Å². The number of hydrogen-bond acceptors (Lipinski definition) is 5. The van der Waals surface area contributed by atoms with Crippen LogP contribution in [0.2, 0.25) is 5.28 Å². The van der Waals surface area contributed by atoms with Crippen LogP contribution in [0.25, 0.3) is 11.2 Å². The van der Waals surface area contributed by atoms with E-state index < -0.39 is 0 Å². The molecule has 0 bridgehead atoms. The van der Waals surface area contributed by atoms with Crippen LogP contribution in [0.1, 0.15) is 12.7 Å². The highest BCUT2D eigenvalue weighted by atomic mass is 79.9. The third kappa shape index (κ3) is 2.38. The van der Waals surface area contributed by atoms with E-state index in [4.69, 9.17) is 16.3 Å². The molecule has 0 radical (unpaired) electrons. The van der Waals surface area contributed by atoms with Crippen LogP contribution in [-0.4, -0.2) is 45.8 Å². The Labute approximate surface area is 130 Å². The standard InChI is InChI=1S/C12H15BrClN5O/c1-2-19-8(7-13)15-9-10(16-12(14)17-11(9)19)18-3-5-20-6-4-18/h2-7H2,1H3. The molecule has 0 atom stereocenters. The first kappa shape index (κ1) is 14.0. The van der Waals surface area contributed by atoms with Gasteiger partial charge in [-0.05, 0) is 18.5 Å². The average molecular weight is 361 g/mol. The number of aryl methyl sites for hydroxylation is 1. The summed E-state index contributed by atoms with van der Waals surface area (Å²) in [6.07, 6.45) is 0. The van der Waals surface area contributed by atoms with Crippen molar-refractivity contribution in [2.45, 2.75) is 18.8 Å². The van der Waals surface area contributed by atoms with E-state index in [1.165, 1.54) is 0 Å². The summed E-state index contributed by atoms with van der Waals surface area (Å²) in [5.41, 5.74) is 1.61. The molecule has 0 saturated carbocycles. The van der Waals surface area contributed by atoms with Crippen LogP contribution < -0.4 is 4.90 Å². The van der Waals surface area contributed by atoms with Gasteiger partial charge in [-0.25, -0.2) is 4.98 Å². The number of nitrogens with zero attached hydrogens (tertiary/aromatic N) is 5. The molecule has 1 aliphatic rings. The van der Waals surface area contributed by atoms with E-state index in [9.17, 15) is 0 Å². The van der Waals surface area contributed by atoms with Crippen molar-refractivity contribution in [2.24, 2.45) is 0 Å². The van der Waals surface area contributed by atoms with Crippen LogP contribution in [0.3, 0.4) is 0 Å². The molecule has 3 heterocycles. The average Bonchev–Trinajstić information content (AvgIpc) is 2.84. The smallest absolute Gasteiger partial charge is 0.226 e. The highest BCUT2D eigenvalue weighted by molar-refractivity contribution is 9.08. The molecule has 0 aromatic carbocycles. The van der Waals surface area contributed by atoms with E-state index in [1.807, 2.05) is 0 Å². The Hall–Kier alpha value is -0.920. The van der Waals surface area contributed by atoms with Crippen LogP contribution in [0.4, 0.5) is 5.82 Å². The Morgan fingerprint density at radius 2 is 2.00 bits per heavy atom. The number of ether oxygens (including phenoxy) is 1. The lowest BCUT2D eigenvalue weighted by Gasteiger charge is -2.27. The maximum atomic E-state index is 6.09. The first-order chi connectivity index (χ1) is 9.74. The molecule has 0 amide bonds. The third-order valence-electron chi connectivity index (χ3n) is 3.37. The molecule has 2 aromatic heterocycles. The summed E-state index contributed by atoms with van der Waals surface area (Å²) in [4.78, 5) is 15.6. The van der Waals surface area contributed by atoms with Crippen LogP contribution in [0.5, 0.6) is 0 Å². The van der Waals surface area contributed by atoms with Crippen molar-refractivity contribution in [3.63, 3.8) is 0 Å². The second kappa shape index (κ2) is 5.83. The number of rotatable bonds is 3. The number of alkyl halides is 1. The first-order valence-corrected chi connectivity index (χ1v) is 8.05. The summed E-state index contributed by atoms with van der Waals surface area (Å²) < 4.78 is 7.44. The molecule has 0 aliphatic carbocycles. The van der Waals surface area contributed by atoms with Gasteiger partial charge in [-0.1, -0.05) is 15.9 Å². The molecule has 8 heteroatoms. The minimum atomic E-state index is 0.259. The van der Waals surface area contributed by atoms with Crippen molar-refractivity contribution in [3.8, 4) is 0 Å². The molecule has 0 unspecified atom stereocenters. The number of hydrogen-bond donors (Lipinski definition) is 0. The molecular weight excluding hydrogens is 346 g/mol. The molecule has 2 aromatic rings. The van der Waals surface area contributed by atoms with Gasteiger partial charge in [0.05, 0.1) is 18.5 Å². The number of morpholine rings is 1. The normalized spacial score (nSPS) is 16.1. The van der Waals surface area contributed by atoms with Gasteiger partial charge in [-0.2, -0.15) is 9.97 Å². The maximum Gasteiger partial charge on any atom is 0.226 e. The largest absolute Gasteiger partial charge is 0.378 e. The van der Waals surface area contributed by atoms with E-state index in [0.29, 0.717) is 18.5 Å². The van der Waals surface area contributed by atoms with Gasteiger partial charge in [-0.15, -0.1) is 0 Å². The summed E-state index contributed by atoms with van der Waals surface area (Å²) >= 11 is 9.56. The second-order valence-corrected chi connectivity index (χ2v) is 5.39. The summed E-state index contributed by atoms with van der Waals surface area (Å²) in [6, 6.07) is 0. The summed E-state index contributed by atoms with van der Waals surface area (Å²) in [5, 5.41) is 0.937. The maximum absolute atomic E-state index is 6.09. The fourth-order valence-corrected chi connectivity index (χ4v) is 3.02. The zero-order valence-corrected chi connectivity index (χ0v) is 13.5. The van der Waals surface area contributed by atoms with Crippen molar-refractivity contribution < 1.29 is 4.74 Å². The predicted octanol–water partition coefficient (Wildman–Crippen LogP) is 2.23. The van der Waals surface area contributed by atoms with Gasteiger partial charge in [0.1, 0.15) is 5.82 Å². The number of imidazole rings is 1. The number of fused-ring (bicyclic) bond motifs is 1. The third-order valence-corrected chi connectivity index (χ3v) is 4.04. The molecule has 0 spiro atoms. The Balaban J connectivity index is 2.18. The molecule has 1 saturated heterocycles. The molecule has 20 heavy (non-hydrogen) atoms. The van der Waals surface area contributed by atoms with E-state index in [-0.39, 0.29) is 5.28 Å². The van der Waals surface area contributed by atoms with Crippen molar-refractivity contribution in [1.29, 1.82) is 0 Å². The predicted molar refractivity (Wildman–Crippen MR) is 81.7 cm³/mol. The van der Waals surface area contributed by atoms with Crippen LogP contribution in [0.15, 0.2) is 0 Å². The number of aromatic nitrogens is 4. The second-order valence-electron chi connectivity index (χ2n) is 4.49. The van der Waals surface area contributed by atoms with Crippen LogP contribution in [-0.2, 0) is 16.6 Å². The van der Waals surface area contributed by atoms with Gasteiger partial charge in [-0.3, -0.25) is 0 Å². The fourth-order valence-electron chi connectivity index (χ4n) is 2.44. The Morgan fingerprint density at radius 3 is 2.65 bits per heavy atom. The zero-order chi connectivity index (χ0) is 14.1. The highest BCUT2D eigenvalue weighted by Gasteiger charge is 2.21. The van der Waals surface area contributed by atoms with E-state index >= 15 is 0 Å². The lowest BCUT2D eigenvalue weighted by molar-refractivity contribution is 0.122. The lowest BCUT2D eigenvalue weighted by Crippen LogP contribution is -2.37. The zero-order valence-electron chi connectivity index (χ0n) is 11.1.